The summed E-state index contributed by atoms with van der Waals surface area (Å²) >= 11 is 0. The lowest BCUT2D eigenvalue weighted by molar-refractivity contribution is -0.138. The molecule has 24 heavy (non-hydrogen) atoms. The molecule has 0 N–H and O–H groups in total. The second-order valence-corrected chi connectivity index (χ2v) is 6.68. The molecule has 126 valence electrons. The molecule has 1 saturated heterocycles. The molecule has 3 nitrogen and oxygen atoms in total. The van der Waals surface area contributed by atoms with Crippen LogP contribution in [0.3, 0.4) is 0 Å². The minimum atomic E-state index is -0.476. The average molecular weight is 323 g/mol. The second kappa shape index (κ2) is 7.08. The molecule has 0 bridgehead atoms. The fraction of sp³-hybridized carbons (Fsp3) is 0.381. The predicted molar refractivity (Wildman–Crippen MR) is 96.1 cm³/mol. The van der Waals surface area contributed by atoms with E-state index in [1.165, 1.54) is 5.56 Å². The van der Waals surface area contributed by atoms with Gasteiger partial charge in [0.15, 0.2) is 6.10 Å². The Balaban J connectivity index is 1.72. The van der Waals surface area contributed by atoms with Gasteiger partial charge in [0.2, 0.25) is 0 Å². The topological polar surface area (TPSA) is 29.5 Å². The number of carbonyl (C=O) groups excluding carboxylic acids is 1. The summed E-state index contributed by atoms with van der Waals surface area (Å²) in [7, 11) is 0. The molecule has 2 aromatic rings. The van der Waals surface area contributed by atoms with Crippen molar-refractivity contribution < 1.29 is 9.53 Å². The van der Waals surface area contributed by atoms with Crippen molar-refractivity contribution in [1.29, 1.82) is 0 Å². The van der Waals surface area contributed by atoms with Gasteiger partial charge in [-0.1, -0.05) is 36.4 Å². The van der Waals surface area contributed by atoms with E-state index >= 15 is 0 Å². The Morgan fingerprint density at radius 3 is 2.46 bits per heavy atom. The summed E-state index contributed by atoms with van der Waals surface area (Å²) in [6, 6.07) is 16.5. The quantitative estimate of drug-likeness (QED) is 0.833. The van der Waals surface area contributed by atoms with Crippen molar-refractivity contribution in [3.63, 3.8) is 0 Å². The molecule has 2 unspecified atom stereocenters. The first kappa shape index (κ1) is 16.6. The number of ether oxygens (including phenoxy) is 1. The molecule has 2 atom stereocenters. The summed E-state index contributed by atoms with van der Waals surface area (Å²) < 4.78 is 5.94. The Labute approximate surface area is 144 Å². The van der Waals surface area contributed by atoms with Crippen LogP contribution in [0, 0.1) is 13.8 Å². The molecular weight excluding hydrogens is 298 g/mol. The maximum atomic E-state index is 12.9. The van der Waals surface area contributed by atoms with Crippen molar-refractivity contribution >= 4 is 5.91 Å². The van der Waals surface area contributed by atoms with E-state index in [2.05, 4.69) is 18.2 Å². The Morgan fingerprint density at radius 1 is 1.12 bits per heavy atom. The molecule has 1 amide bonds. The van der Waals surface area contributed by atoms with Crippen molar-refractivity contribution in [2.75, 3.05) is 6.54 Å². The van der Waals surface area contributed by atoms with Crippen LogP contribution in [0.5, 0.6) is 5.75 Å². The van der Waals surface area contributed by atoms with Gasteiger partial charge >= 0.3 is 0 Å². The number of hydrogen-bond donors (Lipinski definition) is 0. The number of hydrogen-bond acceptors (Lipinski definition) is 2. The highest BCUT2D eigenvalue weighted by Crippen LogP contribution is 2.32. The minimum Gasteiger partial charge on any atom is -0.481 e. The molecule has 1 aliphatic rings. The molecule has 1 fully saturated rings. The molecule has 3 heteroatoms. The van der Waals surface area contributed by atoms with Crippen LogP contribution in [0.25, 0.3) is 0 Å². The van der Waals surface area contributed by atoms with Gasteiger partial charge in [-0.25, -0.2) is 0 Å². The van der Waals surface area contributed by atoms with Crippen LogP contribution in [0.1, 0.15) is 42.5 Å². The number of aryl methyl sites for hydroxylation is 2. The second-order valence-electron chi connectivity index (χ2n) is 6.68. The molecule has 1 heterocycles. The fourth-order valence-corrected chi connectivity index (χ4v) is 3.54. The normalized spacial score (nSPS) is 18.5. The molecule has 2 aromatic carbocycles. The van der Waals surface area contributed by atoms with E-state index in [4.69, 9.17) is 4.74 Å². The first-order valence-electron chi connectivity index (χ1n) is 8.65. The van der Waals surface area contributed by atoms with E-state index in [-0.39, 0.29) is 11.9 Å². The predicted octanol–water partition coefficient (Wildman–Crippen LogP) is 4.43. The Hall–Kier alpha value is -2.29. The van der Waals surface area contributed by atoms with E-state index in [1.807, 2.05) is 56.0 Å². The van der Waals surface area contributed by atoms with Crippen molar-refractivity contribution in [3.8, 4) is 5.75 Å². The molecule has 1 aliphatic heterocycles. The molecule has 0 spiro atoms. The summed E-state index contributed by atoms with van der Waals surface area (Å²) in [6.07, 6.45) is 1.59. The van der Waals surface area contributed by atoms with Gasteiger partial charge in [0, 0.05) is 6.54 Å². The molecular formula is C21H25NO2. The van der Waals surface area contributed by atoms with Gasteiger partial charge in [-0.2, -0.15) is 0 Å². The third-order valence-electron chi connectivity index (χ3n) is 4.58. The summed E-state index contributed by atoms with van der Waals surface area (Å²) in [5.74, 6) is 0.837. The number of benzene rings is 2. The highest BCUT2D eigenvalue weighted by Gasteiger charge is 2.33. The summed E-state index contributed by atoms with van der Waals surface area (Å²) in [5, 5.41) is 0. The van der Waals surface area contributed by atoms with Crippen molar-refractivity contribution in [1.82, 2.24) is 4.90 Å². The first-order chi connectivity index (χ1) is 11.5. The van der Waals surface area contributed by atoms with E-state index in [0.29, 0.717) is 0 Å². The van der Waals surface area contributed by atoms with E-state index in [0.717, 1.165) is 36.3 Å². The summed E-state index contributed by atoms with van der Waals surface area (Å²) in [4.78, 5) is 14.9. The molecule has 0 saturated carbocycles. The zero-order valence-electron chi connectivity index (χ0n) is 14.7. The van der Waals surface area contributed by atoms with E-state index < -0.39 is 6.10 Å². The maximum absolute atomic E-state index is 12.9. The number of nitrogens with zero attached hydrogens (tertiary/aromatic N) is 1. The minimum absolute atomic E-state index is 0.0699. The number of carbonyl (C=O) groups is 1. The maximum Gasteiger partial charge on any atom is 0.263 e. The van der Waals surface area contributed by atoms with Crippen molar-refractivity contribution in [2.45, 2.75) is 45.8 Å². The Kier molecular flexibility index (Phi) is 4.89. The fourth-order valence-electron chi connectivity index (χ4n) is 3.54. The lowest BCUT2D eigenvalue weighted by Crippen LogP contribution is -2.40. The van der Waals surface area contributed by atoms with Crippen LogP contribution in [0.4, 0.5) is 0 Å². The van der Waals surface area contributed by atoms with Crippen molar-refractivity contribution in [3.05, 3.63) is 65.2 Å². The van der Waals surface area contributed by atoms with Crippen LogP contribution in [-0.4, -0.2) is 23.5 Å². The van der Waals surface area contributed by atoms with Crippen LogP contribution in [-0.2, 0) is 4.79 Å². The third-order valence-corrected chi connectivity index (χ3v) is 4.58. The summed E-state index contributed by atoms with van der Waals surface area (Å²) in [5.41, 5.74) is 3.50. The van der Waals surface area contributed by atoms with Gasteiger partial charge < -0.3 is 9.64 Å². The lowest BCUT2D eigenvalue weighted by Gasteiger charge is -2.28. The van der Waals surface area contributed by atoms with E-state index in [9.17, 15) is 4.79 Å². The third kappa shape index (κ3) is 3.61. The average Bonchev–Trinajstić information content (AvgIpc) is 3.03. The number of likely N-dealkylation sites (tertiary alicyclic amines) is 1. The zero-order chi connectivity index (χ0) is 17.1. The largest absolute Gasteiger partial charge is 0.481 e. The van der Waals surface area contributed by atoms with Gasteiger partial charge in [-0.15, -0.1) is 0 Å². The van der Waals surface area contributed by atoms with Gasteiger partial charge in [-0.05, 0) is 62.4 Å². The number of amides is 1. The standard InChI is InChI=1S/C21H25NO2/c1-15-12-16(2)14-19(13-15)24-17(3)21(23)22-11-7-10-20(22)18-8-5-4-6-9-18/h4-6,8-9,12-14,17,20H,7,10-11H2,1-3H3. The zero-order valence-corrected chi connectivity index (χ0v) is 14.7. The van der Waals surface area contributed by atoms with Crippen LogP contribution in [0.15, 0.2) is 48.5 Å². The van der Waals surface area contributed by atoms with Gasteiger partial charge in [-0.3, -0.25) is 4.79 Å². The summed E-state index contributed by atoms with van der Waals surface area (Å²) in [6.45, 7) is 6.73. The van der Waals surface area contributed by atoms with E-state index in [1.54, 1.807) is 0 Å². The Bertz CT molecular complexity index is 691. The highest BCUT2D eigenvalue weighted by atomic mass is 16.5. The first-order valence-corrected chi connectivity index (χ1v) is 8.65. The SMILES string of the molecule is Cc1cc(C)cc(OC(C)C(=O)N2CCCC2c2ccccc2)c1. The molecule has 0 radical (unpaired) electrons. The van der Waals surface area contributed by atoms with Gasteiger partial charge in [0.25, 0.3) is 5.91 Å². The van der Waals surface area contributed by atoms with Crippen LogP contribution < -0.4 is 4.74 Å². The lowest BCUT2D eigenvalue weighted by atomic mass is 10.0. The van der Waals surface area contributed by atoms with Gasteiger partial charge in [0.05, 0.1) is 6.04 Å². The van der Waals surface area contributed by atoms with Crippen LogP contribution in [0.2, 0.25) is 0 Å². The smallest absolute Gasteiger partial charge is 0.263 e. The highest BCUT2D eigenvalue weighted by molar-refractivity contribution is 5.81. The van der Waals surface area contributed by atoms with Crippen LogP contribution >= 0.6 is 0 Å². The molecule has 0 aliphatic carbocycles. The van der Waals surface area contributed by atoms with Crippen molar-refractivity contribution in [2.24, 2.45) is 0 Å². The molecule has 0 aromatic heterocycles. The van der Waals surface area contributed by atoms with Gasteiger partial charge in [0.1, 0.15) is 5.75 Å². The Morgan fingerprint density at radius 2 is 1.79 bits per heavy atom. The monoisotopic (exact) mass is 323 g/mol. The number of rotatable bonds is 4. The molecule has 3 rings (SSSR count).